The van der Waals surface area contributed by atoms with Gasteiger partial charge in [-0.2, -0.15) is 0 Å². The summed E-state index contributed by atoms with van der Waals surface area (Å²) in [5, 5.41) is 0. The standard InChI is InChI=1S/C23H35ClN2O4/c1-5-6-9-21(23(27)29-4)30-20-13-11-19(12-14-20)17-25-18(2)16-26(24)22(25)10-7-8-15-28-3/h11-14,16,21-22H,5-10,15,17H2,1-4H3. The van der Waals surface area contributed by atoms with Crippen molar-refractivity contribution in [1.82, 2.24) is 9.32 Å². The van der Waals surface area contributed by atoms with E-state index in [1.165, 1.54) is 7.11 Å². The lowest BCUT2D eigenvalue weighted by Gasteiger charge is -2.31. The van der Waals surface area contributed by atoms with Gasteiger partial charge in [0.2, 0.25) is 0 Å². The van der Waals surface area contributed by atoms with Gasteiger partial charge in [0.25, 0.3) is 0 Å². The maximum absolute atomic E-state index is 12.0. The summed E-state index contributed by atoms with van der Waals surface area (Å²) in [6, 6.07) is 7.90. The number of esters is 1. The minimum atomic E-state index is -0.564. The van der Waals surface area contributed by atoms with Crippen molar-refractivity contribution in [1.29, 1.82) is 0 Å². The van der Waals surface area contributed by atoms with Crippen LogP contribution in [-0.2, 0) is 20.8 Å². The number of hydrogen-bond acceptors (Lipinski definition) is 6. The summed E-state index contributed by atoms with van der Waals surface area (Å²) in [7, 11) is 3.12. The van der Waals surface area contributed by atoms with Crippen molar-refractivity contribution in [2.24, 2.45) is 0 Å². The Morgan fingerprint density at radius 2 is 1.90 bits per heavy atom. The van der Waals surface area contributed by atoms with Crippen LogP contribution >= 0.6 is 11.8 Å². The van der Waals surface area contributed by atoms with Crippen LogP contribution in [0.4, 0.5) is 0 Å². The zero-order valence-electron chi connectivity index (χ0n) is 18.6. The molecule has 0 spiro atoms. The summed E-state index contributed by atoms with van der Waals surface area (Å²) in [6.07, 6.45) is 7.17. The van der Waals surface area contributed by atoms with E-state index in [1.54, 1.807) is 11.5 Å². The smallest absolute Gasteiger partial charge is 0.347 e. The van der Waals surface area contributed by atoms with E-state index in [2.05, 4.69) is 18.7 Å². The number of allylic oxidation sites excluding steroid dienone is 1. The van der Waals surface area contributed by atoms with Gasteiger partial charge in [-0.3, -0.25) is 4.42 Å². The molecule has 0 fully saturated rings. The molecule has 7 heteroatoms. The number of unbranched alkanes of at least 4 members (excludes halogenated alkanes) is 2. The molecule has 0 saturated heterocycles. The average Bonchev–Trinajstić information content (AvgIpc) is 3.01. The molecule has 1 aromatic rings. The van der Waals surface area contributed by atoms with Crippen LogP contribution in [0.2, 0.25) is 0 Å². The largest absolute Gasteiger partial charge is 0.479 e. The SMILES string of the molecule is CCCCC(Oc1ccc(CN2C(C)=CN(Cl)C2CCCCOC)cc1)C(=O)OC. The third kappa shape index (κ3) is 7.10. The molecule has 0 amide bonds. The molecule has 1 aromatic carbocycles. The number of methoxy groups -OCH3 is 2. The first-order valence-corrected chi connectivity index (χ1v) is 11.1. The van der Waals surface area contributed by atoms with E-state index in [4.69, 9.17) is 26.0 Å². The Morgan fingerprint density at radius 1 is 1.17 bits per heavy atom. The van der Waals surface area contributed by atoms with Crippen molar-refractivity contribution in [3.05, 3.63) is 41.7 Å². The minimum absolute atomic E-state index is 0.136. The second kappa shape index (κ2) is 12.7. The Kier molecular flexibility index (Phi) is 10.3. The highest BCUT2D eigenvalue weighted by Crippen LogP contribution is 2.30. The Balaban J connectivity index is 1.97. The van der Waals surface area contributed by atoms with Crippen molar-refractivity contribution in [2.75, 3.05) is 20.8 Å². The average molecular weight is 439 g/mol. The zero-order valence-corrected chi connectivity index (χ0v) is 19.4. The molecule has 168 valence electrons. The topological polar surface area (TPSA) is 51.2 Å². The quantitative estimate of drug-likeness (QED) is 0.243. The highest BCUT2D eigenvalue weighted by molar-refractivity contribution is 6.14. The van der Waals surface area contributed by atoms with Crippen LogP contribution in [0, 0.1) is 0 Å². The molecule has 0 bridgehead atoms. The molecular weight excluding hydrogens is 404 g/mol. The van der Waals surface area contributed by atoms with Gasteiger partial charge in [-0.25, -0.2) is 4.79 Å². The van der Waals surface area contributed by atoms with E-state index in [0.29, 0.717) is 12.2 Å². The molecule has 1 aliphatic rings. The summed E-state index contributed by atoms with van der Waals surface area (Å²) >= 11 is 6.43. The van der Waals surface area contributed by atoms with Gasteiger partial charge in [0.05, 0.1) is 7.11 Å². The van der Waals surface area contributed by atoms with Crippen LogP contribution in [0.1, 0.15) is 57.9 Å². The van der Waals surface area contributed by atoms with E-state index in [-0.39, 0.29) is 12.1 Å². The summed E-state index contributed by atoms with van der Waals surface area (Å²) in [5.41, 5.74) is 2.31. The first-order valence-electron chi connectivity index (χ1n) is 10.7. The van der Waals surface area contributed by atoms with E-state index in [9.17, 15) is 4.79 Å². The summed E-state index contributed by atoms with van der Waals surface area (Å²) in [5.74, 6) is 0.345. The number of hydrogen-bond donors (Lipinski definition) is 0. The first-order chi connectivity index (χ1) is 14.5. The van der Waals surface area contributed by atoms with Crippen LogP contribution < -0.4 is 4.74 Å². The normalized spacial score (nSPS) is 17.1. The lowest BCUT2D eigenvalue weighted by atomic mass is 10.1. The molecule has 0 aliphatic carbocycles. The van der Waals surface area contributed by atoms with Crippen molar-refractivity contribution >= 4 is 17.7 Å². The van der Waals surface area contributed by atoms with E-state index >= 15 is 0 Å². The number of ether oxygens (including phenoxy) is 3. The molecule has 0 saturated carbocycles. The molecule has 2 atom stereocenters. The van der Waals surface area contributed by atoms with E-state index in [1.807, 2.05) is 30.5 Å². The number of halogens is 1. The van der Waals surface area contributed by atoms with E-state index < -0.39 is 6.10 Å². The van der Waals surface area contributed by atoms with Crippen LogP contribution in [0.5, 0.6) is 5.75 Å². The molecule has 0 aromatic heterocycles. The van der Waals surface area contributed by atoms with Crippen LogP contribution in [0.15, 0.2) is 36.2 Å². The third-order valence-electron chi connectivity index (χ3n) is 5.31. The highest BCUT2D eigenvalue weighted by atomic mass is 35.5. The molecule has 0 radical (unpaired) electrons. The maximum Gasteiger partial charge on any atom is 0.347 e. The Morgan fingerprint density at radius 3 is 2.53 bits per heavy atom. The van der Waals surface area contributed by atoms with Gasteiger partial charge in [-0.15, -0.1) is 0 Å². The van der Waals surface area contributed by atoms with Gasteiger partial charge in [0.1, 0.15) is 11.9 Å². The molecule has 1 aliphatic heterocycles. The van der Waals surface area contributed by atoms with E-state index in [0.717, 1.165) is 56.5 Å². The summed E-state index contributed by atoms with van der Waals surface area (Å²) in [4.78, 5) is 14.3. The molecule has 2 rings (SSSR count). The second-order valence-electron chi connectivity index (χ2n) is 7.63. The van der Waals surface area contributed by atoms with Crippen molar-refractivity contribution in [2.45, 2.75) is 71.2 Å². The Labute approximate surface area is 185 Å². The van der Waals surface area contributed by atoms with Crippen LogP contribution in [0.3, 0.4) is 0 Å². The van der Waals surface area contributed by atoms with Crippen LogP contribution in [0.25, 0.3) is 0 Å². The zero-order chi connectivity index (χ0) is 21.9. The second-order valence-corrected chi connectivity index (χ2v) is 8.02. The van der Waals surface area contributed by atoms with Crippen molar-refractivity contribution < 1.29 is 19.0 Å². The lowest BCUT2D eigenvalue weighted by molar-refractivity contribution is -0.149. The third-order valence-corrected chi connectivity index (χ3v) is 5.63. The fraction of sp³-hybridized carbons (Fsp3) is 0.609. The summed E-state index contributed by atoms with van der Waals surface area (Å²) < 4.78 is 17.7. The van der Waals surface area contributed by atoms with Crippen LogP contribution in [-0.4, -0.2) is 48.4 Å². The molecule has 6 nitrogen and oxygen atoms in total. The highest BCUT2D eigenvalue weighted by Gasteiger charge is 2.29. The number of nitrogens with zero attached hydrogens (tertiary/aromatic N) is 2. The van der Waals surface area contributed by atoms with Crippen molar-refractivity contribution in [3.8, 4) is 5.75 Å². The summed E-state index contributed by atoms with van der Waals surface area (Å²) in [6.45, 7) is 5.70. The van der Waals surface area contributed by atoms with Gasteiger partial charge in [-0.1, -0.05) is 25.5 Å². The maximum atomic E-state index is 12.0. The molecule has 0 N–H and O–H groups in total. The van der Waals surface area contributed by atoms with Gasteiger partial charge in [0, 0.05) is 43.9 Å². The lowest BCUT2D eigenvalue weighted by Crippen LogP contribution is -2.35. The molecule has 2 unspecified atom stereocenters. The number of benzene rings is 1. The molecular formula is C23H35ClN2O4. The fourth-order valence-corrected chi connectivity index (χ4v) is 3.91. The van der Waals surface area contributed by atoms with Gasteiger partial charge in [-0.05, 0) is 56.7 Å². The minimum Gasteiger partial charge on any atom is -0.479 e. The number of rotatable bonds is 13. The number of carbonyl (C=O) groups is 1. The van der Waals surface area contributed by atoms with Gasteiger partial charge in [0.15, 0.2) is 6.10 Å². The molecule has 1 heterocycles. The Hall–Kier alpha value is -1.92. The predicted octanol–water partition coefficient (Wildman–Crippen LogP) is 5.07. The Bertz CT molecular complexity index is 680. The first kappa shape index (κ1) is 24.4. The number of carbonyl (C=O) groups excluding carboxylic acids is 1. The van der Waals surface area contributed by atoms with Gasteiger partial charge < -0.3 is 19.1 Å². The van der Waals surface area contributed by atoms with Gasteiger partial charge >= 0.3 is 5.97 Å². The van der Waals surface area contributed by atoms with Crippen molar-refractivity contribution in [3.63, 3.8) is 0 Å². The fourth-order valence-electron chi connectivity index (χ4n) is 3.57. The predicted molar refractivity (Wildman–Crippen MR) is 119 cm³/mol. The molecule has 30 heavy (non-hydrogen) atoms. The monoisotopic (exact) mass is 438 g/mol.